The lowest BCUT2D eigenvalue weighted by Gasteiger charge is -2.13. The largest absolute Gasteiger partial charge is 0.481 e. The Bertz CT molecular complexity index is 1740. The van der Waals surface area contributed by atoms with Crippen LogP contribution in [0.4, 0.5) is 17.6 Å². The van der Waals surface area contributed by atoms with Crippen LogP contribution in [0.15, 0.2) is 76.2 Å². The molecule has 0 bridgehead atoms. The highest BCUT2D eigenvalue weighted by atomic mass is 19.4. The first-order valence-corrected chi connectivity index (χ1v) is 11.7. The molecule has 2 N–H and O–H groups in total. The molecule has 5 rings (SSSR count). The molecule has 11 heteroatoms. The fourth-order valence-corrected chi connectivity index (χ4v) is 4.29. The Hall–Kier alpha value is -4.80. The van der Waals surface area contributed by atoms with Gasteiger partial charge in [0.1, 0.15) is 5.82 Å². The molecule has 0 radical (unpaired) electrons. The number of aromatic amines is 1. The van der Waals surface area contributed by atoms with Gasteiger partial charge in [0.05, 0.1) is 24.0 Å². The zero-order chi connectivity index (χ0) is 27.7. The van der Waals surface area contributed by atoms with Crippen LogP contribution in [-0.2, 0) is 30.2 Å². The van der Waals surface area contributed by atoms with Crippen molar-refractivity contribution >= 4 is 16.9 Å². The van der Waals surface area contributed by atoms with Gasteiger partial charge >= 0.3 is 12.1 Å². The Labute approximate surface area is 217 Å². The topological polar surface area (TPSA) is 109 Å². The van der Waals surface area contributed by atoms with E-state index in [0.29, 0.717) is 29.5 Å². The number of fused-ring (bicyclic) bond motifs is 1. The standard InChI is InChI=1S/C28H19F4N3O4/c29-22-13-19(28(30,31)32)7-6-16(22)9-17-11-23-20(10-18(17)12-25(36)37)26(38)21(14-33-23)27-34-24(39-35-27)8-15-4-2-1-3-5-15/h1-7,10-11,13-14H,8-9,12H2,(H,33,38)(H,36,37). The van der Waals surface area contributed by atoms with Gasteiger partial charge in [-0.15, -0.1) is 0 Å². The molecule has 0 aliphatic carbocycles. The van der Waals surface area contributed by atoms with Crippen LogP contribution < -0.4 is 5.43 Å². The van der Waals surface area contributed by atoms with Crippen LogP contribution in [-0.4, -0.2) is 26.2 Å². The molecule has 0 saturated carbocycles. The molecule has 39 heavy (non-hydrogen) atoms. The minimum Gasteiger partial charge on any atom is -0.481 e. The molecule has 0 amide bonds. The Morgan fingerprint density at radius 2 is 1.74 bits per heavy atom. The van der Waals surface area contributed by atoms with Crippen molar-refractivity contribution in [2.75, 3.05) is 0 Å². The number of nitrogens with one attached hydrogen (secondary N) is 1. The highest BCUT2D eigenvalue weighted by molar-refractivity contribution is 5.85. The third kappa shape index (κ3) is 5.57. The van der Waals surface area contributed by atoms with Gasteiger partial charge in [0, 0.05) is 23.5 Å². The van der Waals surface area contributed by atoms with Crippen molar-refractivity contribution in [2.24, 2.45) is 0 Å². The summed E-state index contributed by atoms with van der Waals surface area (Å²) < 4.78 is 58.6. The SMILES string of the molecule is O=C(O)Cc1cc2c(=O)c(-c3noc(Cc4ccccc4)n3)c[nH]c2cc1Cc1ccc(C(F)(F)F)cc1F. The minimum absolute atomic E-state index is 0.0503. The summed E-state index contributed by atoms with van der Waals surface area (Å²) in [6.45, 7) is 0. The van der Waals surface area contributed by atoms with Gasteiger partial charge in [-0.3, -0.25) is 9.59 Å². The molecule has 198 valence electrons. The molecule has 0 saturated heterocycles. The lowest BCUT2D eigenvalue weighted by molar-refractivity contribution is -0.138. The number of benzene rings is 3. The first kappa shape index (κ1) is 25.8. The number of nitrogens with zero attached hydrogens (tertiary/aromatic N) is 2. The number of alkyl halides is 3. The minimum atomic E-state index is -4.70. The number of H-pyrrole nitrogens is 1. The maximum Gasteiger partial charge on any atom is 0.416 e. The van der Waals surface area contributed by atoms with E-state index in [-0.39, 0.29) is 34.3 Å². The van der Waals surface area contributed by atoms with E-state index < -0.39 is 35.4 Å². The molecule has 0 fully saturated rings. The number of aromatic nitrogens is 3. The van der Waals surface area contributed by atoms with Crippen LogP contribution in [0.25, 0.3) is 22.3 Å². The molecule has 0 aliphatic heterocycles. The number of rotatable bonds is 7. The summed E-state index contributed by atoms with van der Waals surface area (Å²) in [5.74, 6) is -1.91. The molecular formula is C28H19F4N3O4. The maximum atomic E-state index is 14.5. The van der Waals surface area contributed by atoms with Gasteiger partial charge in [0.2, 0.25) is 17.1 Å². The van der Waals surface area contributed by atoms with Crippen LogP contribution in [0.5, 0.6) is 0 Å². The van der Waals surface area contributed by atoms with E-state index in [1.54, 1.807) is 0 Å². The summed E-state index contributed by atoms with van der Waals surface area (Å²) in [5, 5.41) is 13.5. The van der Waals surface area contributed by atoms with Crippen LogP contribution in [0.1, 0.15) is 33.7 Å². The lowest BCUT2D eigenvalue weighted by atomic mass is 9.94. The summed E-state index contributed by atoms with van der Waals surface area (Å²) >= 11 is 0. The smallest absolute Gasteiger partial charge is 0.416 e. The van der Waals surface area contributed by atoms with Gasteiger partial charge in [-0.2, -0.15) is 18.2 Å². The third-order valence-electron chi connectivity index (χ3n) is 6.21. The molecule has 0 aliphatic rings. The van der Waals surface area contributed by atoms with Gasteiger partial charge in [-0.25, -0.2) is 4.39 Å². The number of pyridine rings is 1. The van der Waals surface area contributed by atoms with E-state index in [2.05, 4.69) is 15.1 Å². The second-order valence-corrected chi connectivity index (χ2v) is 8.92. The van der Waals surface area contributed by atoms with Crippen molar-refractivity contribution < 1.29 is 32.0 Å². The quantitative estimate of drug-likeness (QED) is 0.264. The van der Waals surface area contributed by atoms with Crippen LogP contribution in [0.2, 0.25) is 0 Å². The van der Waals surface area contributed by atoms with Gasteiger partial charge in [0.25, 0.3) is 0 Å². The predicted octanol–water partition coefficient (Wildman–Crippen LogP) is 5.54. The first-order chi connectivity index (χ1) is 18.6. The van der Waals surface area contributed by atoms with Crippen molar-refractivity contribution in [3.63, 3.8) is 0 Å². The van der Waals surface area contributed by atoms with Crippen LogP contribution >= 0.6 is 0 Å². The predicted molar refractivity (Wildman–Crippen MR) is 133 cm³/mol. The van der Waals surface area contributed by atoms with Gasteiger partial charge < -0.3 is 14.6 Å². The Morgan fingerprint density at radius 1 is 0.974 bits per heavy atom. The maximum absolute atomic E-state index is 14.5. The van der Waals surface area contributed by atoms with E-state index in [1.165, 1.54) is 18.3 Å². The van der Waals surface area contributed by atoms with Crippen molar-refractivity contribution in [3.05, 3.63) is 117 Å². The summed E-state index contributed by atoms with van der Waals surface area (Å²) in [7, 11) is 0. The van der Waals surface area contributed by atoms with Crippen molar-refractivity contribution in [2.45, 2.75) is 25.4 Å². The highest BCUT2D eigenvalue weighted by Crippen LogP contribution is 2.31. The number of hydrogen-bond acceptors (Lipinski definition) is 5. The Kier molecular flexibility index (Phi) is 6.73. The molecule has 0 atom stereocenters. The van der Waals surface area contributed by atoms with E-state index in [1.807, 2.05) is 30.3 Å². The molecule has 0 spiro atoms. The van der Waals surface area contributed by atoms with E-state index in [0.717, 1.165) is 17.7 Å². The zero-order valence-corrected chi connectivity index (χ0v) is 20.1. The molecule has 5 aromatic rings. The summed E-state index contributed by atoms with van der Waals surface area (Å²) in [6.07, 6.45) is -3.61. The lowest BCUT2D eigenvalue weighted by Crippen LogP contribution is -2.11. The average Bonchev–Trinajstić information content (AvgIpc) is 3.34. The van der Waals surface area contributed by atoms with Gasteiger partial charge in [-0.1, -0.05) is 41.6 Å². The summed E-state index contributed by atoms with van der Waals surface area (Å²) in [6, 6.07) is 14.5. The van der Waals surface area contributed by atoms with Crippen molar-refractivity contribution in [1.29, 1.82) is 0 Å². The first-order valence-electron chi connectivity index (χ1n) is 11.7. The van der Waals surface area contributed by atoms with E-state index in [9.17, 15) is 32.3 Å². The molecule has 0 unspecified atom stereocenters. The fourth-order valence-electron chi connectivity index (χ4n) is 4.29. The Morgan fingerprint density at radius 3 is 2.44 bits per heavy atom. The molecule has 7 nitrogen and oxygen atoms in total. The van der Waals surface area contributed by atoms with Gasteiger partial charge in [-0.05, 0) is 46.5 Å². The number of halogens is 4. The summed E-state index contributed by atoms with van der Waals surface area (Å²) in [5.41, 5.74) is 0.280. The molecule has 2 heterocycles. The summed E-state index contributed by atoms with van der Waals surface area (Å²) in [4.78, 5) is 32.1. The highest BCUT2D eigenvalue weighted by Gasteiger charge is 2.31. The second-order valence-electron chi connectivity index (χ2n) is 8.92. The number of carboxylic acids is 1. The van der Waals surface area contributed by atoms with Crippen LogP contribution in [0.3, 0.4) is 0 Å². The van der Waals surface area contributed by atoms with Crippen LogP contribution in [0, 0.1) is 5.82 Å². The van der Waals surface area contributed by atoms with Crippen molar-refractivity contribution in [1.82, 2.24) is 15.1 Å². The van der Waals surface area contributed by atoms with E-state index >= 15 is 0 Å². The normalized spacial score (nSPS) is 11.7. The zero-order valence-electron chi connectivity index (χ0n) is 20.1. The fraction of sp³-hybridized carbons (Fsp3) is 0.143. The molecular weight excluding hydrogens is 518 g/mol. The average molecular weight is 537 g/mol. The third-order valence-corrected chi connectivity index (χ3v) is 6.21. The molecule has 3 aromatic carbocycles. The number of hydrogen-bond donors (Lipinski definition) is 2. The van der Waals surface area contributed by atoms with E-state index in [4.69, 9.17) is 4.52 Å². The number of carbonyl (C=O) groups is 1. The van der Waals surface area contributed by atoms with Gasteiger partial charge in [0.15, 0.2) is 0 Å². The molecule has 2 aromatic heterocycles. The monoisotopic (exact) mass is 537 g/mol. The number of aliphatic carboxylic acids is 1. The van der Waals surface area contributed by atoms with Crippen molar-refractivity contribution in [3.8, 4) is 11.4 Å². The Balaban J connectivity index is 1.51. The number of carboxylic acid groups (broad SMARTS) is 1. The second kappa shape index (κ2) is 10.2.